The molecule has 1 aromatic heterocycles. The van der Waals surface area contributed by atoms with Crippen molar-refractivity contribution >= 4 is 11.6 Å². The summed E-state index contributed by atoms with van der Waals surface area (Å²) in [5.74, 6) is -0.603. The Hall–Kier alpha value is -2.06. The van der Waals surface area contributed by atoms with Crippen LogP contribution in [0.15, 0.2) is 24.3 Å². The van der Waals surface area contributed by atoms with Crippen LogP contribution in [-0.2, 0) is 27.1 Å². The van der Waals surface area contributed by atoms with Crippen LogP contribution in [0, 0.1) is 11.3 Å². The van der Waals surface area contributed by atoms with Crippen molar-refractivity contribution in [1.82, 2.24) is 4.98 Å². The van der Waals surface area contributed by atoms with Crippen LogP contribution in [0.3, 0.4) is 0 Å². The second-order valence-corrected chi connectivity index (χ2v) is 6.87. The Morgan fingerprint density at radius 1 is 1.33 bits per heavy atom. The van der Waals surface area contributed by atoms with Gasteiger partial charge < -0.3 is 9.47 Å². The molecule has 0 N–H and O–H groups in total. The van der Waals surface area contributed by atoms with Crippen molar-refractivity contribution in [2.24, 2.45) is 11.3 Å². The molecule has 1 saturated carbocycles. The minimum Gasteiger partial charge on any atom is -0.382 e. The fourth-order valence-corrected chi connectivity index (χ4v) is 3.72. The summed E-state index contributed by atoms with van der Waals surface area (Å²) in [6.07, 6.45) is 0.0934. The van der Waals surface area contributed by atoms with Crippen LogP contribution in [0.4, 0.5) is 13.2 Å². The maximum atomic E-state index is 13.2. The highest BCUT2D eigenvalue weighted by molar-refractivity contribution is 6.18. The summed E-state index contributed by atoms with van der Waals surface area (Å²) in [5.41, 5.74) is -2.38. The highest BCUT2D eigenvalue weighted by Gasteiger charge is 2.52. The number of carbonyl (C=O) groups excluding carboxylic acids is 2. The normalized spacial score (nSPS) is 24.4. The summed E-state index contributed by atoms with van der Waals surface area (Å²) >= 11 is 0. The molecule has 1 heterocycles. The van der Waals surface area contributed by atoms with E-state index in [-0.39, 0.29) is 42.8 Å². The lowest BCUT2D eigenvalue weighted by Gasteiger charge is -2.28. The van der Waals surface area contributed by atoms with Gasteiger partial charge in [0.2, 0.25) is 0 Å². The lowest BCUT2D eigenvalue weighted by atomic mass is 9.72. The van der Waals surface area contributed by atoms with Gasteiger partial charge in [-0.15, -0.1) is 0 Å². The molecule has 5 nitrogen and oxygen atoms in total. The van der Waals surface area contributed by atoms with Crippen molar-refractivity contribution in [2.45, 2.75) is 32.0 Å². The molecular formula is C19H20F3NO4. The zero-order chi connectivity index (χ0) is 19.7. The molecule has 2 bridgehead atoms. The molecule has 0 amide bonds. The highest BCUT2D eigenvalue weighted by Crippen LogP contribution is 2.48. The van der Waals surface area contributed by atoms with Gasteiger partial charge in [0.1, 0.15) is 5.69 Å². The van der Waals surface area contributed by atoms with E-state index in [0.717, 1.165) is 12.1 Å². The zero-order valence-electron chi connectivity index (χ0n) is 14.8. The number of Topliss-reactive ketones (excluding diaryl/α,β-unsaturated/α-hetero) is 1. The minimum atomic E-state index is -4.64. The lowest BCUT2D eigenvalue weighted by molar-refractivity contribution is -0.141. The average Bonchev–Trinajstić information content (AvgIpc) is 3.01. The largest absolute Gasteiger partial charge is 0.433 e. The van der Waals surface area contributed by atoms with E-state index in [1.165, 1.54) is 13.2 Å². The van der Waals surface area contributed by atoms with E-state index >= 15 is 0 Å². The number of aromatic nitrogens is 1. The molecule has 146 valence electrons. The number of alkyl halides is 3. The SMILES string of the molecule is COCCOCc1nc(C(F)(F)F)ccc1C(=O)C12CCC(C=CC1=O)C2. The van der Waals surface area contributed by atoms with Crippen molar-refractivity contribution in [3.05, 3.63) is 41.2 Å². The molecule has 0 aliphatic heterocycles. The molecular weight excluding hydrogens is 363 g/mol. The molecule has 2 aliphatic carbocycles. The summed E-state index contributed by atoms with van der Waals surface area (Å²) in [4.78, 5) is 29.3. The van der Waals surface area contributed by atoms with Gasteiger partial charge in [0.05, 0.1) is 30.9 Å². The lowest BCUT2D eigenvalue weighted by Crippen LogP contribution is -2.38. The number of ether oxygens (including phenoxy) is 2. The summed E-state index contributed by atoms with van der Waals surface area (Å²) in [6, 6.07) is 1.89. The van der Waals surface area contributed by atoms with E-state index in [4.69, 9.17) is 9.47 Å². The third kappa shape index (κ3) is 3.82. The molecule has 0 spiro atoms. The molecule has 2 unspecified atom stereocenters. The third-order valence-electron chi connectivity index (χ3n) is 5.16. The highest BCUT2D eigenvalue weighted by atomic mass is 19.4. The molecule has 3 rings (SSSR count). The van der Waals surface area contributed by atoms with Crippen molar-refractivity contribution in [1.29, 1.82) is 0 Å². The van der Waals surface area contributed by atoms with Gasteiger partial charge >= 0.3 is 6.18 Å². The molecule has 1 fully saturated rings. The number of pyridine rings is 1. The van der Waals surface area contributed by atoms with Crippen LogP contribution in [0.5, 0.6) is 0 Å². The maximum absolute atomic E-state index is 13.2. The van der Waals surface area contributed by atoms with Crippen LogP contribution in [0.1, 0.15) is 41.0 Å². The number of allylic oxidation sites excluding steroid dienone is 2. The monoisotopic (exact) mass is 383 g/mol. The predicted octanol–water partition coefficient (Wildman–Crippen LogP) is 3.37. The van der Waals surface area contributed by atoms with Gasteiger partial charge in [-0.2, -0.15) is 13.2 Å². The molecule has 0 radical (unpaired) electrons. The maximum Gasteiger partial charge on any atom is 0.433 e. The van der Waals surface area contributed by atoms with Gasteiger partial charge in [0.25, 0.3) is 0 Å². The summed E-state index contributed by atoms with van der Waals surface area (Å²) in [6.45, 7) is 0.145. The Kier molecular flexibility index (Phi) is 5.48. The zero-order valence-corrected chi connectivity index (χ0v) is 14.8. The Morgan fingerprint density at radius 2 is 2.11 bits per heavy atom. The van der Waals surface area contributed by atoms with E-state index in [2.05, 4.69) is 4.98 Å². The Bertz CT molecular complexity index is 775. The average molecular weight is 383 g/mol. The number of halogens is 3. The van der Waals surface area contributed by atoms with Gasteiger partial charge in [-0.25, -0.2) is 4.98 Å². The first kappa shape index (κ1) is 19.7. The number of hydrogen-bond donors (Lipinski definition) is 0. The van der Waals surface area contributed by atoms with Gasteiger partial charge in [-0.1, -0.05) is 6.08 Å². The number of methoxy groups -OCH3 is 1. The van der Waals surface area contributed by atoms with E-state index < -0.39 is 23.1 Å². The first-order chi connectivity index (χ1) is 12.8. The van der Waals surface area contributed by atoms with E-state index in [9.17, 15) is 22.8 Å². The van der Waals surface area contributed by atoms with Crippen LogP contribution >= 0.6 is 0 Å². The fraction of sp³-hybridized carbons (Fsp3) is 0.526. The standard InChI is InChI=1S/C19H20F3NO4/c1-26-8-9-27-11-14-13(3-4-15(23-14)19(20,21)22)17(25)18-7-6-12(10-18)2-5-16(18)24/h2-5,12H,6-11H2,1H3. The number of nitrogens with zero attached hydrogens (tertiary/aromatic N) is 1. The summed E-state index contributed by atoms with van der Waals surface area (Å²) in [5, 5.41) is 0. The quantitative estimate of drug-likeness (QED) is 0.410. The predicted molar refractivity (Wildman–Crippen MR) is 89.0 cm³/mol. The smallest absolute Gasteiger partial charge is 0.382 e. The van der Waals surface area contributed by atoms with E-state index in [1.807, 2.05) is 0 Å². The van der Waals surface area contributed by atoms with Crippen LogP contribution in [-0.4, -0.2) is 36.9 Å². The van der Waals surface area contributed by atoms with Crippen LogP contribution in [0.2, 0.25) is 0 Å². The summed E-state index contributed by atoms with van der Waals surface area (Å²) in [7, 11) is 1.47. The Morgan fingerprint density at radius 3 is 2.81 bits per heavy atom. The number of ketones is 2. The van der Waals surface area contributed by atoms with Gasteiger partial charge in [0, 0.05) is 12.7 Å². The molecule has 1 aromatic rings. The summed E-state index contributed by atoms with van der Waals surface area (Å²) < 4.78 is 49.3. The fourth-order valence-electron chi connectivity index (χ4n) is 3.72. The number of fused-ring (bicyclic) bond motifs is 2. The number of rotatable bonds is 7. The van der Waals surface area contributed by atoms with Gasteiger partial charge in [-0.05, 0) is 43.4 Å². The third-order valence-corrected chi connectivity index (χ3v) is 5.16. The molecule has 0 saturated heterocycles. The Labute approximate surface area is 154 Å². The van der Waals surface area contributed by atoms with Gasteiger partial charge in [-0.3, -0.25) is 9.59 Å². The van der Waals surface area contributed by atoms with E-state index in [1.54, 1.807) is 6.08 Å². The van der Waals surface area contributed by atoms with Crippen LogP contribution < -0.4 is 0 Å². The van der Waals surface area contributed by atoms with Crippen molar-refractivity contribution < 1.29 is 32.2 Å². The molecule has 27 heavy (non-hydrogen) atoms. The van der Waals surface area contributed by atoms with E-state index in [0.29, 0.717) is 19.3 Å². The van der Waals surface area contributed by atoms with Crippen molar-refractivity contribution in [3.63, 3.8) is 0 Å². The second kappa shape index (κ2) is 7.52. The topological polar surface area (TPSA) is 65.5 Å². The molecule has 2 atom stereocenters. The van der Waals surface area contributed by atoms with Crippen LogP contribution in [0.25, 0.3) is 0 Å². The first-order valence-electron chi connectivity index (χ1n) is 8.69. The van der Waals surface area contributed by atoms with Crippen molar-refractivity contribution in [2.75, 3.05) is 20.3 Å². The Balaban J connectivity index is 1.94. The van der Waals surface area contributed by atoms with Crippen molar-refractivity contribution in [3.8, 4) is 0 Å². The second-order valence-electron chi connectivity index (χ2n) is 6.87. The first-order valence-corrected chi connectivity index (χ1v) is 8.69. The number of carbonyl (C=O) groups is 2. The molecule has 0 aromatic carbocycles. The molecule has 2 aliphatic rings. The molecule has 8 heteroatoms. The van der Waals surface area contributed by atoms with Gasteiger partial charge in [0.15, 0.2) is 11.6 Å². The minimum absolute atomic E-state index is 0.0183. The number of hydrogen-bond acceptors (Lipinski definition) is 5.